The second-order valence-electron chi connectivity index (χ2n) is 3.96. The van der Waals surface area contributed by atoms with Crippen molar-refractivity contribution in [3.05, 3.63) is 23.3 Å². The molecule has 2 atom stereocenters. The summed E-state index contributed by atoms with van der Waals surface area (Å²) in [5, 5.41) is 17.8. The molecule has 0 amide bonds. The summed E-state index contributed by atoms with van der Waals surface area (Å²) in [7, 11) is 0. The Balaban J connectivity index is 3.20. The van der Waals surface area contributed by atoms with E-state index in [1.54, 1.807) is 0 Å². The lowest BCUT2D eigenvalue weighted by Gasteiger charge is -2.07. The smallest absolute Gasteiger partial charge is 0.336 e. The van der Waals surface area contributed by atoms with Gasteiger partial charge in [0.15, 0.2) is 0 Å². The zero-order valence-corrected chi connectivity index (χ0v) is 8.73. The van der Waals surface area contributed by atoms with Crippen LogP contribution >= 0.6 is 0 Å². The Kier molecular flexibility index (Phi) is 3.29. The first-order chi connectivity index (χ1) is 6.91. The number of carbonyl (C=O) groups is 2. The lowest BCUT2D eigenvalue weighted by atomic mass is 9.98. The van der Waals surface area contributed by atoms with Crippen LogP contribution in [0.4, 0.5) is 0 Å². The molecule has 0 aromatic carbocycles. The molecule has 0 aromatic rings. The highest BCUT2D eigenvalue weighted by molar-refractivity contribution is 6.05. The summed E-state index contributed by atoms with van der Waals surface area (Å²) in [6.45, 7) is 3.77. The molecule has 15 heavy (non-hydrogen) atoms. The van der Waals surface area contributed by atoms with E-state index >= 15 is 0 Å². The van der Waals surface area contributed by atoms with Crippen molar-refractivity contribution in [3.8, 4) is 0 Å². The van der Waals surface area contributed by atoms with Gasteiger partial charge in [-0.05, 0) is 18.3 Å². The number of hydrogen-bond acceptors (Lipinski definition) is 2. The normalized spacial score (nSPS) is 26.3. The summed E-state index contributed by atoms with van der Waals surface area (Å²) >= 11 is 0. The Hall–Kier alpha value is -1.58. The summed E-state index contributed by atoms with van der Waals surface area (Å²) in [5.41, 5.74) is -0.196. The Morgan fingerprint density at radius 3 is 1.67 bits per heavy atom. The fourth-order valence-electron chi connectivity index (χ4n) is 1.84. The average Bonchev–Trinajstić information content (AvgIpc) is 2.23. The third-order valence-electron chi connectivity index (χ3n) is 2.40. The van der Waals surface area contributed by atoms with Crippen LogP contribution in [0.1, 0.15) is 20.3 Å². The number of aliphatic carboxylic acids is 2. The van der Waals surface area contributed by atoms with E-state index < -0.39 is 11.9 Å². The van der Waals surface area contributed by atoms with E-state index in [1.807, 2.05) is 13.8 Å². The van der Waals surface area contributed by atoms with Crippen molar-refractivity contribution in [2.75, 3.05) is 0 Å². The molecule has 0 aromatic heterocycles. The number of hydrogen-bond donors (Lipinski definition) is 2. The van der Waals surface area contributed by atoms with Crippen LogP contribution in [0.3, 0.4) is 0 Å². The van der Waals surface area contributed by atoms with E-state index in [1.165, 1.54) is 12.2 Å². The fraction of sp³-hybridized carbons (Fsp3) is 0.455. The van der Waals surface area contributed by atoms with Crippen molar-refractivity contribution >= 4 is 11.9 Å². The van der Waals surface area contributed by atoms with Crippen molar-refractivity contribution < 1.29 is 19.8 Å². The molecule has 4 nitrogen and oxygen atoms in total. The summed E-state index contributed by atoms with van der Waals surface area (Å²) in [4.78, 5) is 21.8. The maximum atomic E-state index is 10.9. The van der Waals surface area contributed by atoms with Gasteiger partial charge in [-0.25, -0.2) is 9.59 Å². The van der Waals surface area contributed by atoms with E-state index in [4.69, 9.17) is 10.2 Å². The number of rotatable bonds is 2. The summed E-state index contributed by atoms with van der Waals surface area (Å²) < 4.78 is 0. The van der Waals surface area contributed by atoms with E-state index in [2.05, 4.69) is 0 Å². The number of allylic oxidation sites excluding steroid dienone is 2. The minimum atomic E-state index is -1.18. The predicted molar refractivity (Wildman–Crippen MR) is 54.4 cm³/mol. The highest BCUT2D eigenvalue weighted by Gasteiger charge is 2.24. The largest absolute Gasteiger partial charge is 0.478 e. The lowest BCUT2D eigenvalue weighted by Crippen LogP contribution is -2.11. The Morgan fingerprint density at radius 1 is 1.07 bits per heavy atom. The van der Waals surface area contributed by atoms with Gasteiger partial charge >= 0.3 is 11.9 Å². The number of carboxylic acids is 2. The molecule has 82 valence electrons. The molecule has 4 heteroatoms. The van der Waals surface area contributed by atoms with Crippen molar-refractivity contribution in [1.29, 1.82) is 0 Å². The summed E-state index contributed by atoms with van der Waals surface area (Å²) in [5.74, 6) is -2.19. The molecule has 1 rings (SSSR count). The van der Waals surface area contributed by atoms with Crippen LogP contribution < -0.4 is 0 Å². The Labute approximate surface area is 87.9 Å². The monoisotopic (exact) mass is 210 g/mol. The van der Waals surface area contributed by atoms with Gasteiger partial charge in [-0.2, -0.15) is 0 Å². The maximum absolute atomic E-state index is 10.9. The third-order valence-corrected chi connectivity index (χ3v) is 2.40. The van der Waals surface area contributed by atoms with Crippen LogP contribution in [-0.2, 0) is 9.59 Å². The standard InChI is InChI=1S/C11H14O4/c1-6-3-7(2)5-9(11(14)15)8(4-6)10(12)13/h4-7H,3H2,1-2H3,(H,12,13)(H,14,15). The van der Waals surface area contributed by atoms with Gasteiger partial charge in [-0.15, -0.1) is 0 Å². The highest BCUT2D eigenvalue weighted by Crippen LogP contribution is 2.26. The van der Waals surface area contributed by atoms with Gasteiger partial charge in [-0.1, -0.05) is 26.0 Å². The second-order valence-corrected chi connectivity index (χ2v) is 3.96. The molecule has 0 saturated heterocycles. The van der Waals surface area contributed by atoms with Crippen LogP contribution in [0.2, 0.25) is 0 Å². The second kappa shape index (κ2) is 4.29. The summed E-state index contributed by atoms with van der Waals surface area (Å²) in [6.07, 6.45) is 3.81. The van der Waals surface area contributed by atoms with Gasteiger partial charge < -0.3 is 10.2 Å². The zero-order valence-electron chi connectivity index (χ0n) is 8.73. The van der Waals surface area contributed by atoms with Gasteiger partial charge in [0.2, 0.25) is 0 Å². The molecule has 0 bridgehead atoms. The van der Waals surface area contributed by atoms with Crippen LogP contribution in [0.25, 0.3) is 0 Å². The highest BCUT2D eigenvalue weighted by atomic mass is 16.4. The maximum Gasteiger partial charge on any atom is 0.336 e. The van der Waals surface area contributed by atoms with Crippen molar-refractivity contribution in [3.63, 3.8) is 0 Å². The first kappa shape index (κ1) is 11.5. The predicted octanol–water partition coefficient (Wildman–Crippen LogP) is 1.68. The summed E-state index contributed by atoms with van der Waals surface area (Å²) in [6, 6.07) is 0. The van der Waals surface area contributed by atoms with E-state index in [-0.39, 0.29) is 23.0 Å². The average molecular weight is 210 g/mol. The molecule has 1 aliphatic rings. The van der Waals surface area contributed by atoms with Crippen LogP contribution in [0.5, 0.6) is 0 Å². The van der Waals surface area contributed by atoms with Gasteiger partial charge in [-0.3, -0.25) is 0 Å². The molecule has 0 fully saturated rings. The Bertz CT molecular complexity index is 318. The molecule has 2 unspecified atom stereocenters. The van der Waals surface area contributed by atoms with E-state index in [0.717, 1.165) is 6.42 Å². The van der Waals surface area contributed by atoms with Crippen molar-refractivity contribution in [2.24, 2.45) is 11.8 Å². The molecule has 2 N–H and O–H groups in total. The molecule has 0 radical (unpaired) electrons. The zero-order chi connectivity index (χ0) is 11.6. The minimum Gasteiger partial charge on any atom is -0.478 e. The number of carboxylic acid groups (broad SMARTS) is 2. The first-order valence-corrected chi connectivity index (χ1v) is 4.82. The molecule has 0 saturated carbocycles. The minimum absolute atomic E-state index is 0.0826. The first-order valence-electron chi connectivity index (χ1n) is 4.82. The van der Waals surface area contributed by atoms with Gasteiger partial charge in [0.05, 0.1) is 11.1 Å². The molecule has 0 spiro atoms. The van der Waals surface area contributed by atoms with Crippen molar-refractivity contribution in [1.82, 2.24) is 0 Å². The SMILES string of the molecule is CC1C=C(C(=O)O)C(C(=O)O)=CC(C)C1. The topological polar surface area (TPSA) is 74.6 Å². The Morgan fingerprint density at radius 2 is 1.40 bits per heavy atom. The molecule has 0 aliphatic heterocycles. The van der Waals surface area contributed by atoms with Crippen LogP contribution in [0.15, 0.2) is 23.3 Å². The molecular weight excluding hydrogens is 196 g/mol. The van der Waals surface area contributed by atoms with Gasteiger partial charge in [0.25, 0.3) is 0 Å². The quantitative estimate of drug-likeness (QED) is 0.727. The fourth-order valence-corrected chi connectivity index (χ4v) is 1.84. The molecular formula is C11H14O4. The third kappa shape index (κ3) is 2.68. The van der Waals surface area contributed by atoms with Crippen molar-refractivity contribution in [2.45, 2.75) is 20.3 Å². The van der Waals surface area contributed by atoms with Crippen LogP contribution in [0, 0.1) is 11.8 Å². The van der Waals surface area contributed by atoms with Crippen LogP contribution in [-0.4, -0.2) is 22.2 Å². The molecule has 0 heterocycles. The van der Waals surface area contributed by atoms with E-state index in [9.17, 15) is 9.59 Å². The molecule has 1 aliphatic carbocycles. The van der Waals surface area contributed by atoms with E-state index in [0.29, 0.717) is 0 Å². The van der Waals surface area contributed by atoms with Gasteiger partial charge in [0.1, 0.15) is 0 Å². The lowest BCUT2D eigenvalue weighted by molar-refractivity contribution is -0.136. The van der Waals surface area contributed by atoms with Gasteiger partial charge in [0, 0.05) is 0 Å².